The fourth-order valence-corrected chi connectivity index (χ4v) is 1.20. The maximum absolute atomic E-state index is 12.5. The normalized spacial score (nSPS) is 10.1. The summed E-state index contributed by atoms with van der Waals surface area (Å²) in [5, 5.41) is 11.8. The van der Waals surface area contributed by atoms with Gasteiger partial charge in [0.05, 0.1) is 17.7 Å². The third-order valence-electron chi connectivity index (χ3n) is 1.95. The topological polar surface area (TPSA) is 86.1 Å². The van der Waals surface area contributed by atoms with Crippen LogP contribution in [0, 0.1) is 11.8 Å². The van der Waals surface area contributed by atoms with Gasteiger partial charge in [-0.3, -0.25) is 0 Å². The molecule has 19 heavy (non-hydrogen) atoms. The Balaban J connectivity index is 3.23. The average Bonchev–Trinajstić information content (AvgIpc) is 2.33. The van der Waals surface area contributed by atoms with Crippen molar-refractivity contribution in [2.45, 2.75) is 6.18 Å². The number of carbonyl (C=O) groups is 1. The minimum absolute atomic E-state index is 0.111. The van der Waals surface area contributed by atoms with Gasteiger partial charge in [-0.05, 0) is 23.7 Å². The highest BCUT2D eigenvalue weighted by atomic mass is 19.4. The zero-order chi connectivity index (χ0) is 14.5. The minimum atomic E-state index is -4.66. The van der Waals surface area contributed by atoms with E-state index >= 15 is 0 Å². The molecule has 0 heterocycles. The van der Waals surface area contributed by atoms with Gasteiger partial charge in [0.2, 0.25) is 0 Å². The Kier molecular flexibility index (Phi) is 4.40. The molecule has 0 fully saturated rings. The van der Waals surface area contributed by atoms with Gasteiger partial charge in [0.25, 0.3) is 0 Å². The molecule has 1 rings (SSSR count). The predicted molar refractivity (Wildman–Crippen MR) is 59.3 cm³/mol. The van der Waals surface area contributed by atoms with Crippen molar-refractivity contribution in [3.8, 4) is 11.8 Å². The third kappa shape index (κ3) is 4.26. The molecule has 0 spiro atoms. The average molecular weight is 269 g/mol. The number of aromatic carboxylic acids is 1. The largest absolute Gasteiger partial charge is 0.478 e. The number of carboxylic acid groups (broad SMARTS) is 1. The quantitative estimate of drug-likeness (QED) is 0.387. The molecule has 1 N–H and O–H groups in total. The number of benzene rings is 1. The molecule has 0 saturated carbocycles. The van der Waals surface area contributed by atoms with Crippen LogP contribution in [-0.4, -0.2) is 17.6 Å². The summed E-state index contributed by atoms with van der Waals surface area (Å²) in [6.07, 6.45) is -4.66. The van der Waals surface area contributed by atoms with Crippen molar-refractivity contribution < 1.29 is 23.1 Å². The van der Waals surface area contributed by atoms with Crippen molar-refractivity contribution in [3.63, 3.8) is 0 Å². The predicted octanol–water partition coefficient (Wildman–Crippen LogP) is 3.07. The van der Waals surface area contributed by atoms with Gasteiger partial charge in [-0.25, -0.2) is 4.79 Å². The summed E-state index contributed by atoms with van der Waals surface area (Å²) < 4.78 is 37.6. The molecule has 0 aliphatic rings. The molecule has 1 aromatic carbocycles. The van der Waals surface area contributed by atoms with E-state index in [-0.39, 0.29) is 12.1 Å². The van der Waals surface area contributed by atoms with Crippen LogP contribution < -0.4 is 0 Å². The zero-order valence-electron chi connectivity index (χ0n) is 9.27. The molecule has 0 bridgehead atoms. The van der Waals surface area contributed by atoms with Crippen LogP contribution in [0.3, 0.4) is 0 Å². The fraction of sp³-hybridized carbons (Fsp3) is 0.182. The number of azide groups is 1. The lowest BCUT2D eigenvalue weighted by atomic mass is 10.1. The standard InChI is InChI=1S/C11H6F3N3O2/c12-11(13,14)9-5-7(2-1-3-16-17-15)4-8(6-9)10(18)19/h4-6H,3H2,(H,18,19). The molecular formula is C11H6F3N3O2. The highest BCUT2D eigenvalue weighted by Gasteiger charge is 2.31. The second-order valence-electron chi connectivity index (χ2n) is 3.29. The summed E-state index contributed by atoms with van der Waals surface area (Å²) in [5.74, 6) is 3.14. The minimum Gasteiger partial charge on any atom is -0.478 e. The molecule has 0 atom stereocenters. The molecule has 1 aromatic rings. The lowest BCUT2D eigenvalue weighted by molar-refractivity contribution is -0.137. The number of nitrogens with zero attached hydrogens (tertiary/aromatic N) is 3. The molecule has 0 saturated heterocycles. The number of alkyl halides is 3. The second kappa shape index (κ2) is 5.80. The van der Waals surface area contributed by atoms with E-state index in [0.29, 0.717) is 6.07 Å². The van der Waals surface area contributed by atoms with Crippen LogP contribution in [0.2, 0.25) is 0 Å². The number of halogens is 3. The van der Waals surface area contributed by atoms with Crippen molar-refractivity contribution >= 4 is 5.97 Å². The maximum atomic E-state index is 12.5. The Morgan fingerprint density at radius 3 is 2.63 bits per heavy atom. The molecule has 0 amide bonds. The molecule has 8 heteroatoms. The van der Waals surface area contributed by atoms with Crippen molar-refractivity contribution in [2.24, 2.45) is 5.11 Å². The molecular weight excluding hydrogens is 263 g/mol. The van der Waals surface area contributed by atoms with Crippen LogP contribution in [0.1, 0.15) is 21.5 Å². The van der Waals surface area contributed by atoms with Gasteiger partial charge in [0.1, 0.15) is 0 Å². The number of hydrogen-bond acceptors (Lipinski definition) is 2. The van der Waals surface area contributed by atoms with Crippen LogP contribution in [0.15, 0.2) is 23.3 Å². The van der Waals surface area contributed by atoms with Crippen LogP contribution in [0.25, 0.3) is 10.4 Å². The van der Waals surface area contributed by atoms with E-state index in [9.17, 15) is 18.0 Å². The summed E-state index contributed by atoms with van der Waals surface area (Å²) >= 11 is 0. The number of carboxylic acids is 1. The molecule has 98 valence electrons. The van der Waals surface area contributed by atoms with E-state index in [2.05, 4.69) is 21.9 Å². The Labute approximate surface area is 105 Å². The molecule has 0 unspecified atom stereocenters. The van der Waals surface area contributed by atoms with E-state index in [1.165, 1.54) is 0 Å². The first-order valence-electron chi connectivity index (χ1n) is 4.80. The summed E-state index contributed by atoms with van der Waals surface area (Å²) in [4.78, 5) is 13.1. The first-order valence-corrected chi connectivity index (χ1v) is 4.80. The Morgan fingerprint density at radius 1 is 1.42 bits per heavy atom. The Bertz CT molecular complexity index is 608. The SMILES string of the molecule is [N-]=[N+]=NCC#Cc1cc(C(=O)O)cc(C(F)(F)F)c1. The highest BCUT2D eigenvalue weighted by molar-refractivity contribution is 5.88. The molecule has 0 aromatic heterocycles. The Morgan fingerprint density at radius 2 is 2.11 bits per heavy atom. The molecule has 0 aliphatic carbocycles. The van der Waals surface area contributed by atoms with E-state index in [4.69, 9.17) is 10.6 Å². The summed E-state index contributed by atoms with van der Waals surface area (Å²) in [6, 6.07) is 2.27. The van der Waals surface area contributed by atoms with Gasteiger partial charge < -0.3 is 5.11 Å². The van der Waals surface area contributed by atoms with Crippen molar-refractivity contribution in [2.75, 3.05) is 6.54 Å². The van der Waals surface area contributed by atoms with E-state index in [1.54, 1.807) is 0 Å². The summed E-state index contributed by atoms with van der Waals surface area (Å²) in [6.45, 7) is -0.213. The maximum Gasteiger partial charge on any atom is 0.416 e. The lowest BCUT2D eigenvalue weighted by Crippen LogP contribution is -2.08. The monoisotopic (exact) mass is 269 g/mol. The smallest absolute Gasteiger partial charge is 0.416 e. The highest BCUT2D eigenvalue weighted by Crippen LogP contribution is 2.30. The van der Waals surface area contributed by atoms with Crippen molar-refractivity contribution in [1.82, 2.24) is 0 Å². The molecule has 0 radical (unpaired) electrons. The fourth-order valence-electron chi connectivity index (χ4n) is 1.20. The van der Waals surface area contributed by atoms with Crippen LogP contribution in [0.4, 0.5) is 13.2 Å². The summed E-state index contributed by atoms with van der Waals surface area (Å²) in [5.41, 5.74) is 6.28. The molecule has 0 aliphatic heterocycles. The number of rotatable bonds is 2. The van der Waals surface area contributed by atoms with Crippen LogP contribution in [-0.2, 0) is 6.18 Å². The van der Waals surface area contributed by atoms with Crippen LogP contribution in [0.5, 0.6) is 0 Å². The lowest BCUT2D eigenvalue weighted by Gasteiger charge is -2.08. The van der Waals surface area contributed by atoms with Gasteiger partial charge in [0.15, 0.2) is 0 Å². The second-order valence-corrected chi connectivity index (χ2v) is 3.29. The van der Waals surface area contributed by atoms with E-state index in [0.717, 1.165) is 12.1 Å². The van der Waals surface area contributed by atoms with E-state index in [1.807, 2.05) is 0 Å². The molecule has 5 nitrogen and oxygen atoms in total. The zero-order valence-corrected chi connectivity index (χ0v) is 9.27. The van der Waals surface area contributed by atoms with Crippen molar-refractivity contribution in [1.29, 1.82) is 0 Å². The van der Waals surface area contributed by atoms with Gasteiger partial charge in [-0.15, -0.1) is 0 Å². The van der Waals surface area contributed by atoms with Crippen LogP contribution >= 0.6 is 0 Å². The first-order chi connectivity index (χ1) is 8.84. The first kappa shape index (κ1) is 14.4. The van der Waals surface area contributed by atoms with E-state index < -0.39 is 23.3 Å². The number of hydrogen-bond donors (Lipinski definition) is 1. The van der Waals surface area contributed by atoms with Crippen molar-refractivity contribution in [3.05, 3.63) is 45.3 Å². The van der Waals surface area contributed by atoms with Gasteiger partial charge in [-0.1, -0.05) is 17.0 Å². The van der Waals surface area contributed by atoms with Gasteiger partial charge in [-0.2, -0.15) is 13.2 Å². The third-order valence-corrected chi connectivity index (χ3v) is 1.95. The van der Waals surface area contributed by atoms with Gasteiger partial charge in [0, 0.05) is 10.5 Å². The van der Waals surface area contributed by atoms with Gasteiger partial charge >= 0.3 is 12.1 Å². The summed E-state index contributed by atoms with van der Waals surface area (Å²) in [7, 11) is 0. The Hall–Kier alpha value is -2.65.